The molecule has 2 rings (SSSR count). The van der Waals surface area contributed by atoms with E-state index in [1.165, 1.54) is 0 Å². The van der Waals surface area contributed by atoms with E-state index >= 15 is 0 Å². The average molecular weight is 329 g/mol. The third kappa shape index (κ3) is 3.90. The lowest BCUT2D eigenvalue weighted by molar-refractivity contribution is 0.133. The van der Waals surface area contributed by atoms with Gasteiger partial charge in [0.2, 0.25) is 0 Å². The Balaban J connectivity index is 2.14. The van der Waals surface area contributed by atoms with E-state index in [4.69, 9.17) is 11.5 Å². The summed E-state index contributed by atoms with van der Waals surface area (Å²) in [5, 5.41) is 13.5. The predicted molar refractivity (Wildman–Crippen MR) is 98.6 cm³/mol. The van der Waals surface area contributed by atoms with Crippen molar-refractivity contribution < 1.29 is 5.11 Å². The molecule has 0 aliphatic carbocycles. The largest absolute Gasteiger partial charge is 0.401 e. The Labute approximate surface area is 142 Å². The number of para-hydroxylation sites is 1. The summed E-state index contributed by atoms with van der Waals surface area (Å²) in [7, 11) is 0. The molecular weight excluding hydrogens is 302 g/mol. The van der Waals surface area contributed by atoms with Gasteiger partial charge in [0.15, 0.2) is 0 Å². The highest BCUT2D eigenvalue weighted by Gasteiger charge is 2.17. The Bertz CT molecular complexity index is 758. The van der Waals surface area contributed by atoms with Crippen molar-refractivity contribution in [1.29, 1.82) is 0 Å². The fourth-order valence-corrected chi connectivity index (χ4v) is 2.64. The molecule has 1 atom stereocenters. The van der Waals surface area contributed by atoms with E-state index in [0.717, 1.165) is 27.9 Å². The van der Waals surface area contributed by atoms with Crippen LogP contribution in [0, 0.1) is 6.92 Å². The second-order valence-corrected chi connectivity index (χ2v) is 6.10. The van der Waals surface area contributed by atoms with Gasteiger partial charge >= 0.3 is 0 Å². The summed E-state index contributed by atoms with van der Waals surface area (Å²) in [4.78, 5) is 3.29. The van der Waals surface area contributed by atoms with Gasteiger partial charge in [0.1, 0.15) is 6.10 Å². The molecule has 0 radical (unpaired) electrons. The minimum atomic E-state index is -0.683. The van der Waals surface area contributed by atoms with Crippen molar-refractivity contribution in [2.45, 2.75) is 26.9 Å². The van der Waals surface area contributed by atoms with E-state index < -0.39 is 6.10 Å². The van der Waals surface area contributed by atoms with Crippen LogP contribution >= 0.6 is 0 Å². The highest BCUT2D eigenvalue weighted by atomic mass is 16.3. The summed E-state index contributed by atoms with van der Waals surface area (Å²) in [6, 6.07) is 8.01. The second kappa shape index (κ2) is 7.42. The predicted octanol–water partition coefficient (Wildman–Crippen LogP) is 2.00. The fourth-order valence-electron chi connectivity index (χ4n) is 2.64. The molecule has 2 aromatic rings. The van der Waals surface area contributed by atoms with E-state index in [-0.39, 0.29) is 0 Å². The molecule has 0 bridgehead atoms. The summed E-state index contributed by atoms with van der Waals surface area (Å²) in [6.07, 6.45) is -0.683. The summed E-state index contributed by atoms with van der Waals surface area (Å²) < 4.78 is 0. The molecule has 0 aliphatic heterocycles. The first-order valence-corrected chi connectivity index (χ1v) is 7.93. The Morgan fingerprint density at radius 3 is 2.58 bits per heavy atom. The lowest BCUT2D eigenvalue weighted by atomic mass is 10.1. The lowest BCUT2D eigenvalue weighted by Gasteiger charge is -2.28. The van der Waals surface area contributed by atoms with Gasteiger partial charge in [-0.3, -0.25) is 0 Å². The Kier molecular flexibility index (Phi) is 5.54. The second-order valence-electron chi connectivity index (χ2n) is 6.10. The molecule has 0 saturated heterocycles. The molecule has 1 aromatic carbocycles. The van der Waals surface area contributed by atoms with Gasteiger partial charge < -0.3 is 26.6 Å². The minimum Gasteiger partial charge on any atom is -0.401 e. The molecule has 7 N–H and O–H groups in total. The number of allylic oxidation sites excluding steroid dienone is 2. The number of nitrogens with two attached hydrogens (primary N) is 2. The molecule has 6 heteroatoms. The molecule has 1 unspecified atom stereocenters. The van der Waals surface area contributed by atoms with Gasteiger partial charge in [-0.25, -0.2) is 5.43 Å². The van der Waals surface area contributed by atoms with Gasteiger partial charge in [0.25, 0.3) is 0 Å². The molecule has 0 aliphatic rings. The van der Waals surface area contributed by atoms with Gasteiger partial charge in [-0.2, -0.15) is 0 Å². The quantitative estimate of drug-likeness (QED) is 0.500. The first kappa shape index (κ1) is 17.9. The molecule has 0 fully saturated rings. The van der Waals surface area contributed by atoms with Gasteiger partial charge in [0.05, 0.1) is 6.54 Å². The van der Waals surface area contributed by atoms with Gasteiger partial charge in [0, 0.05) is 40.2 Å². The highest BCUT2D eigenvalue weighted by Crippen LogP contribution is 2.25. The lowest BCUT2D eigenvalue weighted by Crippen LogP contribution is -2.42. The topological polar surface area (TPSA) is 103 Å². The van der Waals surface area contributed by atoms with Crippen LogP contribution in [0.4, 0.5) is 0 Å². The summed E-state index contributed by atoms with van der Waals surface area (Å²) >= 11 is 0. The van der Waals surface area contributed by atoms with E-state index in [9.17, 15) is 5.11 Å². The number of aromatic amines is 1. The monoisotopic (exact) mass is 329 g/mol. The van der Waals surface area contributed by atoms with Crippen LogP contribution in [-0.2, 0) is 0 Å². The highest BCUT2D eigenvalue weighted by molar-refractivity contribution is 5.84. The maximum Gasteiger partial charge on any atom is 0.108 e. The Morgan fingerprint density at radius 2 is 2.00 bits per heavy atom. The van der Waals surface area contributed by atoms with Crippen molar-refractivity contribution in [2.75, 3.05) is 13.1 Å². The van der Waals surface area contributed by atoms with E-state index in [0.29, 0.717) is 24.5 Å². The van der Waals surface area contributed by atoms with Crippen LogP contribution in [0.1, 0.15) is 31.2 Å². The van der Waals surface area contributed by atoms with Gasteiger partial charge in [-0.05, 0) is 32.4 Å². The molecule has 6 nitrogen and oxygen atoms in total. The maximum atomic E-state index is 10.6. The minimum absolute atomic E-state index is 0.325. The molecule has 0 spiro atoms. The molecule has 24 heavy (non-hydrogen) atoms. The van der Waals surface area contributed by atoms with E-state index in [1.54, 1.807) is 5.01 Å². The molecule has 1 aromatic heterocycles. The number of rotatable bonds is 7. The smallest absolute Gasteiger partial charge is 0.108 e. The first-order valence-electron chi connectivity index (χ1n) is 7.93. The summed E-state index contributed by atoms with van der Waals surface area (Å²) in [6.45, 7) is 10.2. The van der Waals surface area contributed by atoms with Crippen molar-refractivity contribution in [3.63, 3.8) is 0 Å². The zero-order valence-electron chi connectivity index (χ0n) is 14.6. The number of aliphatic hydroxyl groups is 1. The van der Waals surface area contributed by atoms with Crippen molar-refractivity contribution in [2.24, 2.45) is 11.5 Å². The zero-order valence-corrected chi connectivity index (χ0v) is 14.6. The van der Waals surface area contributed by atoms with Crippen molar-refractivity contribution in [3.05, 3.63) is 59.2 Å². The number of nitrogens with one attached hydrogen (secondary N) is 2. The zero-order chi connectivity index (χ0) is 17.9. The number of hydrogen-bond acceptors (Lipinski definition) is 5. The van der Waals surface area contributed by atoms with Gasteiger partial charge in [-0.15, -0.1) is 0 Å². The average Bonchev–Trinajstić information content (AvgIpc) is 2.87. The molecular formula is C18H27N5O. The third-order valence-corrected chi connectivity index (χ3v) is 4.15. The van der Waals surface area contributed by atoms with Crippen molar-refractivity contribution in [3.8, 4) is 0 Å². The SMILES string of the molecule is C=C(N)CN(NCC(O)c1[nH]c2ccccc2c1C)/C(C)=C(\C)N. The van der Waals surface area contributed by atoms with E-state index in [1.807, 2.05) is 45.0 Å². The van der Waals surface area contributed by atoms with E-state index in [2.05, 4.69) is 17.0 Å². The van der Waals surface area contributed by atoms with Crippen LogP contribution in [0.25, 0.3) is 10.9 Å². The number of aliphatic hydroxyl groups excluding tert-OH is 1. The Morgan fingerprint density at radius 1 is 1.33 bits per heavy atom. The van der Waals surface area contributed by atoms with Crippen LogP contribution in [0.3, 0.4) is 0 Å². The normalized spacial score (nSPS) is 13.7. The fraction of sp³-hybridized carbons (Fsp3) is 0.333. The summed E-state index contributed by atoms with van der Waals surface area (Å²) in [5.74, 6) is 0. The number of nitrogens with zero attached hydrogens (tertiary/aromatic N) is 1. The molecule has 130 valence electrons. The Hall–Kier alpha value is -2.44. The van der Waals surface area contributed by atoms with Crippen LogP contribution in [0.5, 0.6) is 0 Å². The van der Waals surface area contributed by atoms with Crippen LogP contribution in [0.15, 0.2) is 47.9 Å². The van der Waals surface area contributed by atoms with Crippen LogP contribution < -0.4 is 16.9 Å². The summed E-state index contributed by atoms with van der Waals surface area (Å²) in [5.41, 5.74) is 19.7. The molecule has 0 amide bonds. The third-order valence-electron chi connectivity index (χ3n) is 4.15. The number of benzene rings is 1. The number of hydrazine groups is 1. The number of hydrogen-bond donors (Lipinski definition) is 5. The number of aromatic nitrogens is 1. The van der Waals surface area contributed by atoms with Crippen LogP contribution in [-0.4, -0.2) is 28.2 Å². The maximum absolute atomic E-state index is 10.6. The molecule has 1 heterocycles. The number of fused-ring (bicyclic) bond motifs is 1. The molecule has 0 saturated carbocycles. The number of H-pyrrole nitrogens is 1. The van der Waals surface area contributed by atoms with Gasteiger partial charge in [-0.1, -0.05) is 24.8 Å². The standard InChI is InChI=1S/C18H27N5O/c1-11(19)10-23(14(4)13(3)20)21-9-17(24)18-12(2)15-7-5-6-8-16(15)22-18/h5-8,17,21-22,24H,1,9-10,19-20H2,2-4H3/b14-13+. The van der Waals surface area contributed by atoms with Crippen molar-refractivity contribution in [1.82, 2.24) is 15.4 Å². The first-order chi connectivity index (χ1) is 11.3. The van der Waals surface area contributed by atoms with Crippen LogP contribution in [0.2, 0.25) is 0 Å². The van der Waals surface area contributed by atoms with Crippen molar-refractivity contribution >= 4 is 10.9 Å². The number of aryl methyl sites for hydroxylation is 1.